The molecule has 1 fully saturated rings. The third kappa shape index (κ3) is 3.80. The van der Waals surface area contributed by atoms with Crippen molar-refractivity contribution in [2.45, 2.75) is 25.9 Å². The maximum Gasteiger partial charge on any atom is 0.253 e. The van der Waals surface area contributed by atoms with Gasteiger partial charge in [0, 0.05) is 45.1 Å². The predicted octanol–water partition coefficient (Wildman–Crippen LogP) is 1.73. The Morgan fingerprint density at radius 2 is 1.90 bits per heavy atom. The molecule has 1 saturated heterocycles. The van der Waals surface area contributed by atoms with Crippen molar-refractivity contribution in [2.24, 2.45) is 7.05 Å². The highest BCUT2D eigenvalue weighted by molar-refractivity contribution is 5.44. The highest BCUT2D eigenvalue weighted by atomic mass is 16.5. The molecule has 0 bridgehead atoms. The highest BCUT2D eigenvalue weighted by Gasteiger charge is 2.25. The summed E-state index contributed by atoms with van der Waals surface area (Å²) in [5.74, 6) is 2.75. The Labute approximate surface area is 168 Å². The van der Waals surface area contributed by atoms with E-state index < -0.39 is 0 Å². The molecule has 9 heteroatoms. The Kier molecular flexibility index (Phi) is 5.20. The SMILES string of the molecule is COc1ccc(-n2c(C)nnc2N2CCC(Oc3cccc(=O)n3C)CC2)cn1. The molecule has 1 aliphatic heterocycles. The van der Waals surface area contributed by atoms with E-state index in [1.165, 1.54) is 10.6 Å². The molecule has 4 rings (SSSR count). The molecule has 3 aromatic heterocycles. The fourth-order valence-corrected chi connectivity index (χ4v) is 3.49. The minimum Gasteiger partial charge on any atom is -0.481 e. The average Bonchev–Trinajstić information content (AvgIpc) is 3.13. The molecule has 3 aromatic rings. The van der Waals surface area contributed by atoms with Gasteiger partial charge in [-0.3, -0.25) is 13.9 Å². The van der Waals surface area contributed by atoms with Gasteiger partial charge in [0.2, 0.25) is 11.8 Å². The molecular weight excluding hydrogens is 372 g/mol. The van der Waals surface area contributed by atoms with E-state index in [1.807, 2.05) is 29.7 Å². The van der Waals surface area contributed by atoms with E-state index in [9.17, 15) is 4.79 Å². The zero-order valence-electron chi connectivity index (χ0n) is 16.8. The van der Waals surface area contributed by atoms with Crippen molar-refractivity contribution in [3.05, 3.63) is 52.7 Å². The average molecular weight is 396 g/mol. The fourth-order valence-electron chi connectivity index (χ4n) is 3.49. The summed E-state index contributed by atoms with van der Waals surface area (Å²) in [5.41, 5.74) is 0.817. The van der Waals surface area contributed by atoms with Gasteiger partial charge in [-0.15, -0.1) is 10.2 Å². The number of hydrogen-bond acceptors (Lipinski definition) is 7. The molecule has 0 aromatic carbocycles. The van der Waals surface area contributed by atoms with Gasteiger partial charge in [0.05, 0.1) is 19.0 Å². The number of methoxy groups -OCH3 is 1. The smallest absolute Gasteiger partial charge is 0.253 e. The lowest BCUT2D eigenvalue weighted by atomic mass is 10.1. The molecule has 0 N–H and O–H groups in total. The third-order valence-electron chi connectivity index (χ3n) is 5.15. The van der Waals surface area contributed by atoms with E-state index >= 15 is 0 Å². The van der Waals surface area contributed by atoms with Crippen LogP contribution in [0.1, 0.15) is 18.7 Å². The van der Waals surface area contributed by atoms with Gasteiger partial charge in [0.15, 0.2) is 5.88 Å². The lowest BCUT2D eigenvalue weighted by Gasteiger charge is -2.33. The molecule has 0 amide bonds. The van der Waals surface area contributed by atoms with Crippen molar-refractivity contribution in [3.8, 4) is 17.4 Å². The molecule has 9 nitrogen and oxygen atoms in total. The summed E-state index contributed by atoms with van der Waals surface area (Å²) in [5, 5.41) is 8.65. The number of hydrogen-bond donors (Lipinski definition) is 0. The van der Waals surface area contributed by atoms with E-state index in [0.717, 1.165) is 43.4 Å². The van der Waals surface area contributed by atoms with Gasteiger partial charge in [-0.2, -0.15) is 0 Å². The Hall–Kier alpha value is -3.36. The third-order valence-corrected chi connectivity index (χ3v) is 5.15. The molecule has 0 radical (unpaired) electrons. The van der Waals surface area contributed by atoms with Gasteiger partial charge in [0.25, 0.3) is 5.56 Å². The number of nitrogens with zero attached hydrogens (tertiary/aromatic N) is 6. The van der Waals surface area contributed by atoms with Crippen molar-refractivity contribution >= 4 is 5.95 Å². The molecule has 1 aliphatic rings. The number of pyridine rings is 2. The monoisotopic (exact) mass is 396 g/mol. The van der Waals surface area contributed by atoms with Gasteiger partial charge >= 0.3 is 0 Å². The molecule has 29 heavy (non-hydrogen) atoms. The van der Waals surface area contributed by atoms with Crippen molar-refractivity contribution in [1.82, 2.24) is 24.3 Å². The van der Waals surface area contributed by atoms with E-state index in [4.69, 9.17) is 9.47 Å². The van der Waals surface area contributed by atoms with Crippen molar-refractivity contribution in [3.63, 3.8) is 0 Å². The van der Waals surface area contributed by atoms with Gasteiger partial charge in [-0.05, 0) is 19.1 Å². The maximum atomic E-state index is 11.8. The van der Waals surface area contributed by atoms with E-state index in [-0.39, 0.29) is 11.7 Å². The van der Waals surface area contributed by atoms with Gasteiger partial charge in [0.1, 0.15) is 11.9 Å². The van der Waals surface area contributed by atoms with Crippen LogP contribution in [0.4, 0.5) is 5.95 Å². The second kappa shape index (κ2) is 7.94. The summed E-state index contributed by atoms with van der Waals surface area (Å²) in [6.45, 7) is 3.49. The topological polar surface area (TPSA) is 87.3 Å². The second-order valence-electron chi connectivity index (χ2n) is 7.01. The number of anilines is 1. The Balaban J connectivity index is 1.48. The normalized spacial score (nSPS) is 14.8. The van der Waals surface area contributed by atoms with Crippen LogP contribution in [0.3, 0.4) is 0 Å². The van der Waals surface area contributed by atoms with E-state index in [0.29, 0.717) is 11.8 Å². The molecule has 0 saturated carbocycles. The van der Waals surface area contributed by atoms with Crippen LogP contribution in [-0.4, -0.2) is 50.6 Å². The van der Waals surface area contributed by atoms with Crippen LogP contribution < -0.4 is 19.9 Å². The standard InChI is InChI=1S/C20H24N6O3/c1-14-22-23-20(26(14)15-7-8-17(28-3)21-13-15)25-11-9-16(10-12-25)29-19-6-4-5-18(27)24(19)2/h4-8,13,16H,9-12H2,1-3H3. The van der Waals surface area contributed by atoms with Crippen LogP contribution in [0.15, 0.2) is 41.3 Å². The van der Waals surface area contributed by atoms with E-state index in [2.05, 4.69) is 20.1 Å². The number of piperidine rings is 1. The van der Waals surface area contributed by atoms with Crippen molar-refractivity contribution < 1.29 is 9.47 Å². The second-order valence-corrected chi connectivity index (χ2v) is 7.01. The van der Waals surface area contributed by atoms with Crippen LogP contribution in [0.5, 0.6) is 11.8 Å². The zero-order valence-corrected chi connectivity index (χ0v) is 16.8. The quantitative estimate of drug-likeness (QED) is 0.649. The van der Waals surface area contributed by atoms with Gasteiger partial charge in [-0.1, -0.05) is 6.07 Å². The molecular formula is C20H24N6O3. The van der Waals surface area contributed by atoms with Crippen LogP contribution in [0, 0.1) is 6.92 Å². The molecule has 0 atom stereocenters. The largest absolute Gasteiger partial charge is 0.481 e. The molecule has 4 heterocycles. The minimum atomic E-state index is -0.0726. The Bertz CT molecular complexity index is 1040. The summed E-state index contributed by atoms with van der Waals surface area (Å²) in [7, 11) is 3.32. The first-order valence-electron chi connectivity index (χ1n) is 9.57. The lowest BCUT2D eigenvalue weighted by Crippen LogP contribution is -2.40. The van der Waals surface area contributed by atoms with Crippen molar-refractivity contribution in [2.75, 3.05) is 25.1 Å². The zero-order chi connectivity index (χ0) is 20.4. The molecule has 0 aliphatic carbocycles. The summed E-state index contributed by atoms with van der Waals surface area (Å²) in [4.78, 5) is 18.3. The van der Waals surface area contributed by atoms with Gasteiger partial charge in [-0.25, -0.2) is 4.98 Å². The van der Waals surface area contributed by atoms with Crippen LogP contribution in [0.2, 0.25) is 0 Å². The Morgan fingerprint density at radius 3 is 2.59 bits per heavy atom. The van der Waals surface area contributed by atoms with E-state index in [1.54, 1.807) is 26.4 Å². The number of aromatic nitrogens is 5. The predicted molar refractivity (Wildman–Crippen MR) is 108 cm³/mol. The maximum absolute atomic E-state index is 11.8. The van der Waals surface area contributed by atoms with Crippen LogP contribution in [-0.2, 0) is 7.05 Å². The van der Waals surface area contributed by atoms with Crippen molar-refractivity contribution in [1.29, 1.82) is 0 Å². The lowest BCUT2D eigenvalue weighted by molar-refractivity contribution is 0.156. The van der Waals surface area contributed by atoms with Crippen LogP contribution in [0.25, 0.3) is 5.69 Å². The summed E-state index contributed by atoms with van der Waals surface area (Å²) in [6, 6.07) is 8.84. The molecule has 0 unspecified atom stereocenters. The Morgan fingerprint density at radius 1 is 1.10 bits per heavy atom. The minimum absolute atomic E-state index is 0.0550. The number of rotatable bonds is 5. The highest BCUT2D eigenvalue weighted by Crippen LogP contribution is 2.25. The van der Waals surface area contributed by atoms with Crippen LogP contribution >= 0.6 is 0 Å². The summed E-state index contributed by atoms with van der Waals surface area (Å²) < 4.78 is 14.7. The molecule has 152 valence electrons. The first-order valence-corrected chi connectivity index (χ1v) is 9.57. The number of ether oxygens (including phenoxy) is 2. The number of aryl methyl sites for hydroxylation is 1. The summed E-state index contributed by atoms with van der Waals surface area (Å²) in [6.07, 6.45) is 3.47. The molecule has 0 spiro atoms. The first kappa shape index (κ1) is 19.0. The summed E-state index contributed by atoms with van der Waals surface area (Å²) >= 11 is 0. The van der Waals surface area contributed by atoms with Gasteiger partial charge < -0.3 is 14.4 Å². The fraction of sp³-hybridized carbons (Fsp3) is 0.400. The first-order chi connectivity index (χ1) is 14.1.